The first-order chi connectivity index (χ1) is 18.9. The molecule has 0 aromatic heterocycles. The molecule has 0 saturated carbocycles. The molecular weight excluding hydrogens is 513 g/mol. The molecule has 8 heteroatoms. The number of carbonyl (C=O) groups is 1. The van der Waals surface area contributed by atoms with E-state index >= 15 is 0 Å². The van der Waals surface area contributed by atoms with Crippen LogP contribution in [0.2, 0.25) is 0 Å². The first kappa shape index (κ1) is 35.8. The van der Waals surface area contributed by atoms with E-state index in [2.05, 4.69) is 11.8 Å². The Hall–Kier alpha value is -1.24. The molecule has 0 aliphatic carbocycles. The Bertz CT molecular complexity index is 720. The maximum absolute atomic E-state index is 11.7. The molecule has 0 bridgehead atoms. The number of hydrogen-bond donors (Lipinski definition) is 1. The number of benzene rings is 1. The zero-order valence-electron chi connectivity index (χ0n) is 25.2. The van der Waals surface area contributed by atoms with Gasteiger partial charge in [0.1, 0.15) is 11.9 Å². The molecule has 0 aliphatic heterocycles. The summed E-state index contributed by atoms with van der Waals surface area (Å²) in [5, 5.41) is 0. The van der Waals surface area contributed by atoms with E-state index in [4.69, 9.17) is 18.5 Å². The van der Waals surface area contributed by atoms with Crippen LogP contribution >= 0.6 is 8.60 Å². The molecule has 226 valence electrons. The highest BCUT2D eigenvalue weighted by atomic mass is 31.2. The summed E-state index contributed by atoms with van der Waals surface area (Å²) in [6.07, 6.45) is 17.5. The third kappa shape index (κ3) is 21.2. The van der Waals surface area contributed by atoms with E-state index in [0.717, 1.165) is 37.1 Å². The lowest BCUT2D eigenvalue weighted by atomic mass is 10.1. The van der Waals surface area contributed by atoms with Crippen molar-refractivity contribution in [3.8, 4) is 5.75 Å². The second kappa shape index (κ2) is 24.5. The Labute approximate surface area is 239 Å². The van der Waals surface area contributed by atoms with Crippen molar-refractivity contribution in [1.82, 2.24) is 4.90 Å². The normalized spacial score (nSPS) is 13.0. The SMILES string of the molecule is CCCCCCCCCCCCCCOc1ccccc1CC(COP(O)OCCCCN(C)C)OC(C)=O. The second-order valence-corrected chi connectivity index (χ2v) is 11.7. The number of unbranched alkanes of at least 4 members (excludes halogenated alkanes) is 12. The predicted octanol–water partition coefficient (Wildman–Crippen LogP) is 7.83. The Morgan fingerprint density at radius 3 is 2.05 bits per heavy atom. The van der Waals surface area contributed by atoms with Gasteiger partial charge in [0.05, 0.1) is 19.8 Å². The van der Waals surface area contributed by atoms with E-state index in [-0.39, 0.29) is 12.6 Å². The lowest BCUT2D eigenvalue weighted by Crippen LogP contribution is -2.24. The van der Waals surface area contributed by atoms with E-state index < -0.39 is 14.7 Å². The standard InChI is InChI=1S/C31H56NO6P/c1-5-6-7-8-9-10-11-12-13-14-15-19-24-35-31-22-17-16-21-29(31)26-30(38-28(2)33)27-37-39(34)36-25-20-18-23-32(3)4/h16-17,21-22,30,34H,5-15,18-20,23-27H2,1-4H3. The molecule has 39 heavy (non-hydrogen) atoms. The first-order valence-electron chi connectivity index (χ1n) is 15.2. The van der Waals surface area contributed by atoms with Crippen LogP contribution in [-0.4, -0.2) is 62.3 Å². The van der Waals surface area contributed by atoms with Crippen LogP contribution in [-0.2, 0) is 25.0 Å². The summed E-state index contributed by atoms with van der Waals surface area (Å²) in [4.78, 5) is 23.9. The molecule has 1 N–H and O–H groups in total. The monoisotopic (exact) mass is 569 g/mol. The van der Waals surface area contributed by atoms with E-state index in [0.29, 0.717) is 19.6 Å². The van der Waals surface area contributed by atoms with Crippen LogP contribution in [0.1, 0.15) is 109 Å². The lowest BCUT2D eigenvalue weighted by molar-refractivity contribution is -0.147. The van der Waals surface area contributed by atoms with E-state index in [1.807, 2.05) is 38.4 Å². The van der Waals surface area contributed by atoms with Crippen molar-refractivity contribution < 1.29 is 28.2 Å². The summed E-state index contributed by atoms with van der Waals surface area (Å²) < 4.78 is 22.5. The average Bonchev–Trinajstić information content (AvgIpc) is 2.90. The van der Waals surface area contributed by atoms with Gasteiger partial charge in [0, 0.05) is 13.3 Å². The van der Waals surface area contributed by atoms with Gasteiger partial charge in [-0.3, -0.25) is 4.79 Å². The van der Waals surface area contributed by atoms with E-state index in [1.54, 1.807) is 0 Å². The number of hydrogen-bond acceptors (Lipinski definition) is 7. The summed E-state index contributed by atoms with van der Waals surface area (Å²) >= 11 is 0. The van der Waals surface area contributed by atoms with Gasteiger partial charge in [-0.2, -0.15) is 0 Å². The van der Waals surface area contributed by atoms with Gasteiger partial charge >= 0.3 is 14.6 Å². The molecule has 0 radical (unpaired) electrons. The van der Waals surface area contributed by atoms with Crippen LogP contribution < -0.4 is 4.74 Å². The smallest absolute Gasteiger partial charge is 0.329 e. The number of carbonyl (C=O) groups excluding carboxylic acids is 1. The van der Waals surface area contributed by atoms with Gasteiger partial charge in [0.15, 0.2) is 0 Å². The van der Waals surface area contributed by atoms with Crippen molar-refractivity contribution in [3.05, 3.63) is 29.8 Å². The number of ether oxygens (including phenoxy) is 2. The molecule has 0 fully saturated rings. The number of esters is 1. The van der Waals surface area contributed by atoms with Gasteiger partial charge < -0.3 is 28.3 Å². The fourth-order valence-electron chi connectivity index (χ4n) is 4.41. The fraction of sp³-hybridized carbons (Fsp3) is 0.774. The lowest BCUT2D eigenvalue weighted by Gasteiger charge is -2.20. The minimum atomic E-state index is -2.01. The van der Waals surface area contributed by atoms with Crippen LogP contribution in [0.15, 0.2) is 24.3 Å². The van der Waals surface area contributed by atoms with Crippen LogP contribution in [0.3, 0.4) is 0 Å². The maximum atomic E-state index is 11.7. The van der Waals surface area contributed by atoms with Gasteiger partial charge in [-0.1, -0.05) is 95.8 Å². The molecule has 1 aromatic rings. The average molecular weight is 570 g/mol. The molecule has 2 atom stereocenters. The third-order valence-corrected chi connectivity index (χ3v) is 7.35. The Kier molecular flexibility index (Phi) is 22.5. The topological polar surface area (TPSA) is 77.5 Å². The fourth-order valence-corrected chi connectivity index (χ4v) is 5.06. The molecule has 7 nitrogen and oxygen atoms in total. The highest BCUT2D eigenvalue weighted by molar-refractivity contribution is 7.40. The molecule has 0 heterocycles. The van der Waals surface area contributed by atoms with E-state index in [1.165, 1.54) is 77.6 Å². The van der Waals surface area contributed by atoms with Crippen molar-refractivity contribution in [1.29, 1.82) is 0 Å². The maximum Gasteiger partial charge on any atom is 0.329 e. The highest BCUT2D eigenvalue weighted by Gasteiger charge is 2.19. The number of nitrogens with zero attached hydrogens (tertiary/aromatic N) is 1. The second-order valence-electron chi connectivity index (χ2n) is 10.7. The summed E-state index contributed by atoms with van der Waals surface area (Å²) in [6.45, 7) is 5.79. The summed E-state index contributed by atoms with van der Waals surface area (Å²) in [6, 6.07) is 7.84. The van der Waals surface area contributed by atoms with Gasteiger partial charge in [0.25, 0.3) is 0 Å². The van der Waals surface area contributed by atoms with Crippen LogP contribution in [0.4, 0.5) is 0 Å². The number of rotatable bonds is 26. The van der Waals surface area contributed by atoms with Crippen molar-refractivity contribution in [3.63, 3.8) is 0 Å². The first-order valence-corrected chi connectivity index (χ1v) is 16.3. The van der Waals surface area contributed by atoms with E-state index in [9.17, 15) is 9.69 Å². The van der Waals surface area contributed by atoms with Gasteiger partial charge in [-0.15, -0.1) is 0 Å². The molecule has 0 amide bonds. The third-order valence-electron chi connectivity index (χ3n) is 6.58. The summed E-state index contributed by atoms with van der Waals surface area (Å²) in [5.41, 5.74) is 0.957. The van der Waals surface area contributed by atoms with Gasteiger partial charge in [-0.05, 0) is 51.5 Å². The van der Waals surface area contributed by atoms with Crippen molar-refractivity contribution in [2.24, 2.45) is 0 Å². The van der Waals surface area contributed by atoms with Crippen LogP contribution in [0.25, 0.3) is 0 Å². The Morgan fingerprint density at radius 2 is 1.44 bits per heavy atom. The van der Waals surface area contributed by atoms with Crippen LogP contribution in [0, 0.1) is 0 Å². The summed E-state index contributed by atoms with van der Waals surface area (Å²) in [7, 11) is 2.04. The van der Waals surface area contributed by atoms with Gasteiger partial charge in [0.2, 0.25) is 0 Å². The predicted molar refractivity (Wildman–Crippen MR) is 161 cm³/mol. The molecule has 1 aromatic carbocycles. The zero-order chi connectivity index (χ0) is 28.6. The minimum Gasteiger partial charge on any atom is -0.493 e. The quantitative estimate of drug-likeness (QED) is 0.0692. The zero-order valence-corrected chi connectivity index (χ0v) is 26.1. The van der Waals surface area contributed by atoms with Crippen molar-refractivity contribution in [2.45, 2.75) is 116 Å². The Balaban J connectivity index is 2.31. The minimum absolute atomic E-state index is 0.0621. The van der Waals surface area contributed by atoms with Crippen molar-refractivity contribution in [2.75, 3.05) is 40.5 Å². The largest absolute Gasteiger partial charge is 0.493 e. The van der Waals surface area contributed by atoms with Crippen molar-refractivity contribution >= 4 is 14.6 Å². The number of para-hydroxylation sites is 1. The van der Waals surface area contributed by atoms with Crippen LogP contribution in [0.5, 0.6) is 5.75 Å². The molecule has 0 spiro atoms. The van der Waals surface area contributed by atoms with Gasteiger partial charge in [-0.25, -0.2) is 0 Å². The Morgan fingerprint density at radius 1 is 0.846 bits per heavy atom. The highest BCUT2D eigenvalue weighted by Crippen LogP contribution is 2.33. The molecule has 1 rings (SSSR count). The summed E-state index contributed by atoms with van der Waals surface area (Å²) in [5.74, 6) is 0.423. The molecule has 0 saturated heterocycles. The molecule has 0 aliphatic rings. The molecular formula is C31H56NO6P. The molecule has 2 unspecified atom stereocenters.